The third-order valence-corrected chi connectivity index (χ3v) is 20.3. The van der Waals surface area contributed by atoms with E-state index in [1.165, 1.54) is 19.6 Å². The van der Waals surface area contributed by atoms with Crippen LogP contribution in [-0.2, 0) is 85.3 Å². The number of carbonyl (C=O) groups is 1. The molecule has 8 heterocycles. The summed E-state index contributed by atoms with van der Waals surface area (Å²) in [5, 5.41) is 52.2. The van der Waals surface area contributed by atoms with Crippen molar-refractivity contribution in [3.63, 3.8) is 0 Å². The van der Waals surface area contributed by atoms with Crippen LogP contribution in [0.15, 0.2) is 11.6 Å². The van der Waals surface area contributed by atoms with Gasteiger partial charge in [-0.25, -0.2) is 0 Å². The summed E-state index contributed by atoms with van der Waals surface area (Å²) < 4.78 is 108. The Kier molecular flexibility index (Phi) is 17.2. The Morgan fingerprint density at radius 1 is 0.671 bits per heavy atom. The first-order valence-electron chi connectivity index (χ1n) is 29.0. The molecule has 0 spiro atoms. The minimum atomic E-state index is -1.61. The molecule has 0 radical (unpaired) electrons. The van der Waals surface area contributed by atoms with Crippen LogP contribution in [0.1, 0.15) is 113 Å². The maximum atomic E-state index is 12.4. The van der Waals surface area contributed by atoms with E-state index < -0.39 is 141 Å². The zero-order chi connectivity index (χ0) is 56.1. The van der Waals surface area contributed by atoms with E-state index in [0.717, 1.165) is 32.1 Å². The van der Waals surface area contributed by atoms with Crippen molar-refractivity contribution in [2.45, 2.75) is 266 Å². The molecule has 3 aliphatic carbocycles. The molecule has 11 aliphatic rings. The molecule has 79 heavy (non-hydrogen) atoms. The number of hydrogen-bond donors (Lipinski definition) is 5. The first kappa shape index (κ1) is 59.1. The topological polar surface area (TPSA) is 275 Å². The van der Waals surface area contributed by atoms with Gasteiger partial charge in [-0.1, -0.05) is 18.6 Å². The van der Waals surface area contributed by atoms with Crippen LogP contribution in [0.4, 0.5) is 0 Å². The lowest BCUT2D eigenvalue weighted by atomic mass is 9.47. The predicted molar refractivity (Wildman–Crippen MR) is 269 cm³/mol. The van der Waals surface area contributed by atoms with Gasteiger partial charge in [-0.15, -0.1) is 0 Å². The second-order valence-corrected chi connectivity index (χ2v) is 24.8. The largest absolute Gasteiger partial charge is 0.465 e. The highest BCUT2D eigenvalue weighted by Crippen LogP contribution is 2.76. The number of aliphatic hydroxyl groups excluding tert-OH is 5. The number of aliphatic hydroxyl groups is 5. The average molecular weight is 1130 g/mol. The summed E-state index contributed by atoms with van der Waals surface area (Å²) in [6, 6.07) is 0. The molecule has 0 aromatic rings. The molecule has 2 saturated carbocycles. The van der Waals surface area contributed by atoms with Gasteiger partial charge < -0.3 is 106 Å². The zero-order valence-electron chi connectivity index (χ0n) is 47.4. The normalized spacial score (nSPS) is 54.1. The molecule has 11 rings (SSSR count). The first-order chi connectivity index (χ1) is 37.7. The van der Waals surface area contributed by atoms with E-state index in [2.05, 4.69) is 19.9 Å². The van der Waals surface area contributed by atoms with Gasteiger partial charge >= 0.3 is 5.97 Å². The van der Waals surface area contributed by atoms with Gasteiger partial charge in [0.2, 0.25) is 0 Å². The number of carbonyl (C=O) groups excluding carboxylic acids is 1. The highest BCUT2D eigenvalue weighted by Gasteiger charge is 2.83. The van der Waals surface area contributed by atoms with Crippen LogP contribution in [0.2, 0.25) is 0 Å². The maximum Gasteiger partial charge on any atom is 0.302 e. The van der Waals surface area contributed by atoms with Crippen molar-refractivity contribution in [2.75, 3.05) is 41.2 Å². The number of fused-ring (bicyclic) bond motifs is 3. The minimum Gasteiger partial charge on any atom is -0.465 e. The molecule has 2 bridgehead atoms. The molecule has 0 aromatic heterocycles. The lowest BCUT2D eigenvalue weighted by Crippen LogP contribution is -2.62. The first-order valence-corrected chi connectivity index (χ1v) is 29.0. The number of esters is 1. The minimum absolute atomic E-state index is 0.0248. The van der Waals surface area contributed by atoms with Crippen molar-refractivity contribution in [2.24, 2.45) is 28.6 Å². The highest BCUT2D eigenvalue weighted by atomic mass is 16.8. The lowest BCUT2D eigenvalue weighted by molar-refractivity contribution is -0.359. The van der Waals surface area contributed by atoms with Crippen LogP contribution in [0.3, 0.4) is 0 Å². The molecule has 0 unspecified atom stereocenters. The van der Waals surface area contributed by atoms with Gasteiger partial charge in [-0.05, 0) is 79.1 Å². The molecule has 450 valence electrons. The Hall–Kier alpha value is -1.63. The summed E-state index contributed by atoms with van der Waals surface area (Å²) in [4.78, 5) is 12.4. The SMILES string of the molecule is CO[C@H]1C[C@H](O[C@H]2CC[C@@]3(COC(C)=O)C(=CC[C@@H]4[C@@H]3CC[C@]3(C)[C@@H]5[C@H]6CO[C@]5(C)O[C@@]43O6)C2)O[C@H](C)[C@H]1O[C@H]1C[C@H](OC)[C@H](O[C@H]2C[C@@H](O)[C@H](O[C@H]3C[C@@H](OC)[C@H](O[C@@H]4O[C@H](CO)[C@@H](O)[C@H](O)[C@H]4O)[C@@H](C)O3)[C@@H](C)O2)[C@@H](C)O1. The fourth-order valence-corrected chi connectivity index (χ4v) is 16.4. The van der Waals surface area contributed by atoms with Crippen molar-refractivity contribution in [3.05, 3.63) is 11.6 Å². The summed E-state index contributed by atoms with van der Waals surface area (Å²) in [7, 11) is 4.77. The smallest absolute Gasteiger partial charge is 0.302 e. The van der Waals surface area contributed by atoms with E-state index in [4.69, 9.17) is 80.5 Å². The summed E-state index contributed by atoms with van der Waals surface area (Å²) in [5.74, 6) is -1.18. The van der Waals surface area contributed by atoms with E-state index >= 15 is 0 Å². The van der Waals surface area contributed by atoms with Crippen LogP contribution in [0.5, 0.6) is 0 Å². The molecule has 5 N–H and O–H groups in total. The Bertz CT molecular complexity index is 2140. The van der Waals surface area contributed by atoms with Gasteiger partial charge in [0.15, 0.2) is 43.0 Å². The fourth-order valence-electron chi connectivity index (χ4n) is 16.4. The number of methoxy groups -OCH3 is 3. The van der Waals surface area contributed by atoms with E-state index in [0.29, 0.717) is 32.5 Å². The van der Waals surface area contributed by atoms with Gasteiger partial charge in [-0.2, -0.15) is 0 Å². The summed E-state index contributed by atoms with van der Waals surface area (Å²) in [6.45, 7) is 13.5. The van der Waals surface area contributed by atoms with Gasteiger partial charge in [0, 0.05) is 70.7 Å². The molecule has 10 fully saturated rings. The number of ether oxygens (including phenoxy) is 17. The van der Waals surface area contributed by atoms with Crippen LogP contribution >= 0.6 is 0 Å². The average Bonchev–Trinajstić information content (AvgIpc) is 1.80. The van der Waals surface area contributed by atoms with Crippen molar-refractivity contribution in [1.82, 2.24) is 0 Å². The molecular weight excluding hydrogens is 1040 g/mol. The second-order valence-electron chi connectivity index (χ2n) is 24.8. The zero-order valence-corrected chi connectivity index (χ0v) is 47.4. The standard InChI is InChI=1S/C56H88O23/c1-25-47(74-42-21-37(65-10)50(28(4)71-42)77-52-46(62)45(61)44(60)38(22-57)73-52)34(59)18-40(68-25)75-48-27(3)70-43(20-36(48)64-9)76-49-26(2)69-41(19-35(49)63-8)72-31-13-16-55(24-66-29(5)58)30(17-31)11-12-33-32(55)14-15-53(6)51-39-23-67-54(51,7)79-56(33,53)78-39/h11,25-28,31-52,57,59-62H,12-24H2,1-10H3/t25-,26-,27-,28-,31+,32+,33-,34-,35+,36+,37-,38-,39-,40+,41+,42+,43+,44-,45+,46-,47-,48-,49-,50-,51+,52+,53-,54-,55-,56+/m1/s1. The molecule has 0 amide bonds. The van der Waals surface area contributed by atoms with Gasteiger partial charge in [0.25, 0.3) is 0 Å². The van der Waals surface area contributed by atoms with Crippen molar-refractivity contribution in [3.8, 4) is 0 Å². The van der Waals surface area contributed by atoms with E-state index in [1.54, 1.807) is 28.1 Å². The summed E-state index contributed by atoms with van der Waals surface area (Å²) in [6.07, 6.45) is -9.15. The highest BCUT2D eigenvalue weighted by molar-refractivity contribution is 5.66. The van der Waals surface area contributed by atoms with Gasteiger partial charge in [-0.3, -0.25) is 4.79 Å². The van der Waals surface area contributed by atoms with E-state index in [9.17, 15) is 30.3 Å². The number of rotatable bonds is 16. The fraction of sp³-hybridized carbons (Fsp3) is 0.946. The van der Waals surface area contributed by atoms with Gasteiger partial charge in [0.1, 0.15) is 55.4 Å². The van der Waals surface area contributed by atoms with Crippen LogP contribution in [-0.4, -0.2) is 226 Å². The predicted octanol–water partition coefficient (Wildman–Crippen LogP) is 2.24. The molecule has 23 heteroatoms. The molecule has 8 aliphatic heterocycles. The Morgan fingerprint density at radius 2 is 1.23 bits per heavy atom. The molecular formula is C56H88O23. The second kappa shape index (κ2) is 23.0. The molecule has 8 saturated heterocycles. The maximum absolute atomic E-state index is 12.4. The van der Waals surface area contributed by atoms with Crippen LogP contribution in [0.25, 0.3) is 0 Å². The van der Waals surface area contributed by atoms with Crippen LogP contribution < -0.4 is 0 Å². The quantitative estimate of drug-likeness (QED) is 0.110. The van der Waals surface area contributed by atoms with E-state index in [1.807, 2.05) is 13.8 Å². The Morgan fingerprint density at radius 3 is 1.78 bits per heavy atom. The van der Waals surface area contributed by atoms with Crippen molar-refractivity contribution in [1.29, 1.82) is 0 Å². The molecule has 0 aromatic carbocycles. The monoisotopic (exact) mass is 1130 g/mol. The molecule has 23 nitrogen and oxygen atoms in total. The van der Waals surface area contributed by atoms with Crippen LogP contribution in [0, 0.1) is 28.6 Å². The third kappa shape index (κ3) is 10.4. The van der Waals surface area contributed by atoms with Gasteiger partial charge in [0.05, 0.1) is 80.2 Å². The lowest BCUT2D eigenvalue weighted by Gasteiger charge is -2.60. The van der Waals surface area contributed by atoms with Crippen molar-refractivity contribution >= 4 is 5.97 Å². The molecule has 30 atom stereocenters. The Balaban J connectivity index is 0.661. The van der Waals surface area contributed by atoms with Crippen molar-refractivity contribution < 1.29 is 111 Å². The number of hydrogen-bond acceptors (Lipinski definition) is 23. The summed E-state index contributed by atoms with van der Waals surface area (Å²) >= 11 is 0. The van der Waals surface area contributed by atoms with E-state index in [-0.39, 0.29) is 65.7 Å². The Labute approximate surface area is 462 Å². The third-order valence-electron chi connectivity index (χ3n) is 20.3. The summed E-state index contributed by atoms with van der Waals surface area (Å²) in [5.41, 5.74) is 0.766. The number of allylic oxidation sites excluding steroid dienone is 1.